The third kappa shape index (κ3) is 3.28. The van der Waals surface area contributed by atoms with Gasteiger partial charge in [-0.3, -0.25) is 0 Å². The number of para-hydroxylation sites is 1. The van der Waals surface area contributed by atoms with Gasteiger partial charge in [-0.15, -0.1) is 0 Å². The van der Waals surface area contributed by atoms with E-state index in [1.165, 1.54) is 0 Å². The number of urea groups is 1. The van der Waals surface area contributed by atoms with Gasteiger partial charge >= 0.3 is 6.03 Å². The minimum absolute atomic E-state index is 0.0447. The summed E-state index contributed by atoms with van der Waals surface area (Å²) in [6, 6.07) is 11.8. The first-order valence-corrected chi connectivity index (χ1v) is 8.37. The number of pyridine rings is 1. The van der Waals surface area contributed by atoms with Crippen LogP contribution in [0.1, 0.15) is 18.1 Å². The van der Waals surface area contributed by atoms with Crippen LogP contribution in [0.15, 0.2) is 55.1 Å². The van der Waals surface area contributed by atoms with Gasteiger partial charge in [-0.2, -0.15) is 0 Å². The quantitative estimate of drug-likeness (QED) is 0.783. The molecule has 2 aromatic heterocycles. The van der Waals surface area contributed by atoms with Crippen molar-refractivity contribution >= 4 is 11.5 Å². The highest BCUT2D eigenvalue weighted by Crippen LogP contribution is 2.24. The van der Waals surface area contributed by atoms with Crippen LogP contribution in [0.2, 0.25) is 0 Å². The van der Waals surface area contributed by atoms with E-state index in [2.05, 4.69) is 10.3 Å². The number of fused-ring (bicyclic) bond motifs is 2. The molecule has 1 aliphatic rings. The first-order chi connectivity index (χ1) is 12.2. The zero-order valence-corrected chi connectivity index (χ0v) is 14.1. The molecule has 0 aliphatic carbocycles. The molecule has 6 heteroatoms. The summed E-state index contributed by atoms with van der Waals surface area (Å²) in [4.78, 5) is 18.5. The number of amides is 2. The number of imidazole rings is 1. The maximum Gasteiger partial charge on any atom is 0.318 e. The Bertz CT molecular complexity index is 905. The predicted octanol–water partition coefficient (Wildman–Crippen LogP) is 2.83. The number of ether oxygens (including phenoxy) is 1. The maximum absolute atomic E-state index is 12.6. The minimum atomic E-state index is -0.0853. The van der Waals surface area contributed by atoms with Gasteiger partial charge in [0.05, 0.1) is 31.1 Å². The average Bonchev–Trinajstić information content (AvgIpc) is 3.01. The second-order valence-electron chi connectivity index (χ2n) is 6.34. The van der Waals surface area contributed by atoms with Gasteiger partial charge in [0.2, 0.25) is 0 Å². The predicted molar refractivity (Wildman–Crippen MR) is 94.4 cm³/mol. The third-order valence-corrected chi connectivity index (χ3v) is 4.34. The summed E-state index contributed by atoms with van der Waals surface area (Å²) in [6.07, 6.45) is 5.49. The first-order valence-electron chi connectivity index (χ1n) is 8.37. The summed E-state index contributed by atoms with van der Waals surface area (Å²) in [6.45, 7) is 3.56. The lowest BCUT2D eigenvalue weighted by atomic mass is 10.2. The zero-order valence-electron chi connectivity index (χ0n) is 14.1. The molecule has 0 unspecified atom stereocenters. The van der Waals surface area contributed by atoms with E-state index in [-0.39, 0.29) is 12.1 Å². The standard InChI is InChI=1S/C19H20N4O2/c1-14-10-22(12-16-4-2-3-5-18(16)25-14)19(24)21-8-15-6-7-17-9-20-13-23(17)11-15/h2-7,9,11,13-14H,8,10,12H2,1H3,(H,21,24)/t14-/m1/s1. The van der Waals surface area contributed by atoms with Gasteiger partial charge in [0.1, 0.15) is 11.9 Å². The summed E-state index contributed by atoms with van der Waals surface area (Å²) in [5.41, 5.74) is 3.09. The Labute approximate surface area is 146 Å². The van der Waals surface area contributed by atoms with Crippen LogP contribution in [-0.2, 0) is 13.1 Å². The average molecular weight is 336 g/mol. The fourth-order valence-electron chi connectivity index (χ4n) is 3.10. The molecule has 3 aromatic rings. The molecule has 2 amide bonds. The molecule has 6 nitrogen and oxygen atoms in total. The van der Waals surface area contributed by atoms with E-state index in [1.807, 2.05) is 53.9 Å². The van der Waals surface area contributed by atoms with Gasteiger partial charge in [-0.25, -0.2) is 9.78 Å². The first kappa shape index (κ1) is 15.5. The van der Waals surface area contributed by atoms with Crippen molar-refractivity contribution < 1.29 is 9.53 Å². The second-order valence-corrected chi connectivity index (χ2v) is 6.34. The van der Waals surface area contributed by atoms with E-state index < -0.39 is 0 Å². The second kappa shape index (κ2) is 6.47. The molecule has 0 saturated carbocycles. The van der Waals surface area contributed by atoms with E-state index in [0.717, 1.165) is 22.4 Å². The highest BCUT2D eigenvalue weighted by Gasteiger charge is 2.23. The summed E-state index contributed by atoms with van der Waals surface area (Å²) in [7, 11) is 0. The molecule has 0 radical (unpaired) electrons. The van der Waals surface area contributed by atoms with Crippen molar-refractivity contribution in [3.05, 3.63) is 66.2 Å². The molecule has 1 N–H and O–H groups in total. The Morgan fingerprint density at radius 3 is 3.12 bits per heavy atom. The highest BCUT2D eigenvalue weighted by molar-refractivity contribution is 5.74. The number of nitrogens with zero attached hydrogens (tertiary/aromatic N) is 3. The number of hydrogen-bond donors (Lipinski definition) is 1. The van der Waals surface area contributed by atoms with E-state index in [4.69, 9.17) is 4.74 Å². The highest BCUT2D eigenvalue weighted by atomic mass is 16.5. The summed E-state index contributed by atoms with van der Waals surface area (Å²) < 4.78 is 7.85. The van der Waals surface area contributed by atoms with Crippen LogP contribution in [0.3, 0.4) is 0 Å². The van der Waals surface area contributed by atoms with Crippen LogP contribution in [-0.4, -0.2) is 33.0 Å². The topological polar surface area (TPSA) is 58.9 Å². The molecule has 1 atom stereocenters. The van der Waals surface area contributed by atoms with Crippen LogP contribution in [0.25, 0.3) is 5.52 Å². The fraction of sp³-hybridized carbons (Fsp3) is 0.263. The van der Waals surface area contributed by atoms with Crippen molar-refractivity contribution in [3.8, 4) is 5.75 Å². The van der Waals surface area contributed by atoms with Crippen molar-refractivity contribution in [1.29, 1.82) is 0 Å². The van der Waals surface area contributed by atoms with Crippen LogP contribution in [0.5, 0.6) is 5.75 Å². The van der Waals surface area contributed by atoms with Gasteiger partial charge in [-0.05, 0) is 24.6 Å². The molecule has 0 bridgehead atoms. The van der Waals surface area contributed by atoms with E-state index in [9.17, 15) is 4.79 Å². The third-order valence-electron chi connectivity index (χ3n) is 4.34. The molecular weight excluding hydrogens is 316 g/mol. The van der Waals surface area contributed by atoms with Gasteiger partial charge < -0.3 is 19.4 Å². The Morgan fingerprint density at radius 2 is 2.20 bits per heavy atom. The normalized spacial score (nSPS) is 16.8. The smallest absolute Gasteiger partial charge is 0.318 e. The Kier molecular flexibility index (Phi) is 4.01. The SMILES string of the molecule is C[C@@H]1CN(C(=O)NCc2ccc3cncn3c2)Cc2ccccc2O1. The summed E-state index contributed by atoms with van der Waals surface area (Å²) in [5, 5.41) is 3.00. The number of nitrogens with one attached hydrogen (secondary N) is 1. The van der Waals surface area contributed by atoms with Gasteiger partial charge in [0.15, 0.2) is 0 Å². The van der Waals surface area contributed by atoms with Gasteiger partial charge in [-0.1, -0.05) is 24.3 Å². The lowest BCUT2D eigenvalue weighted by Crippen LogP contribution is -2.42. The van der Waals surface area contributed by atoms with Crippen LogP contribution in [0, 0.1) is 0 Å². The molecule has 25 heavy (non-hydrogen) atoms. The van der Waals surface area contributed by atoms with Gasteiger partial charge in [0, 0.05) is 18.3 Å². The van der Waals surface area contributed by atoms with E-state index in [1.54, 1.807) is 17.4 Å². The molecule has 1 aromatic carbocycles. The molecule has 4 rings (SSSR count). The Morgan fingerprint density at radius 1 is 1.32 bits per heavy atom. The number of carbonyl (C=O) groups is 1. The zero-order chi connectivity index (χ0) is 17.2. The molecule has 0 fully saturated rings. The minimum Gasteiger partial charge on any atom is -0.489 e. The number of carbonyl (C=O) groups excluding carboxylic acids is 1. The largest absolute Gasteiger partial charge is 0.489 e. The molecule has 0 saturated heterocycles. The van der Waals surface area contributed by atoms with Crippen LogP contribution < -0.4 is 10.1 Å². The molecule has 128 valence electrons. The van der Waals surface area contributed by atoms with E-state index >= 15 is 0 Å². The monoisotopic (exact) mass is 336 g/mol. The number of benzene rings is 1. The van der Waals surface area contributed by atoms with Crippen LogP contribution in [0.4, 0.5) is 4.79 Å². The lowest BCUT2D eigenvalue weighted by Gasteiger charge is -2.22. The maximum atomic E-state index is 12.6. The molecule has 3 heterocycles. The number of hydrogen-bond acceptors (Lipinski definition) is 3. The summed E-state index contributed by atoms with van der Waals surface area (Å²) >= 11 is 0. The Balaban J connectivity index is 1.45. The summed E-state index contributed by atoms with van der Waals surface area (Å²) in [5.74, 6) is 0.857. The van der Waals surface area contributed by atoms with Crippen LogP contribution >= 0.6 is 0 Å². The number of aromatic nitrogens is 2. The van der Waals surface area contributed by atoms with Crippen molar-refractivity contribution in [2.75, 3.05) is 6.54 Å². The van der Waals surface area contributed by atoms with E-state index in [0.29, 0.717) is 19.6 Å². The van der Waals surface area contributed by atoms with Crippen molar-refractivity contribution in [1.82, 2.24) is 19.6 Å². The van der Waals surface area contributed by atoms with Crippen molar-refractivity contribution in [3.63, 3.8) is 0 Å². The molecule has 0 spiro atoms. The molecular formula is C19H20N4O2. The number of rotatable bonds is 2. The van der Waals surface area contributed by atoms with Crippen molar-refractivity contribution in [2.24, 2.45) is 0 Å². The van der Waals surface area contributed by atoms with Gasteiger partial charge in [0.25, 0.3) is 0 Å². The lowest BCUT2D eigenvalue weighted by molar-refractivity contribution is 0.158. The Hall–Kier alpha value is -3.02. The fourth-order valence-corrected chi connectivity index (χ4v) is 3.10. The van der Waals surface area contributed by atoms with Crippen molar-refractivity contribution in [2.45, 2.75) is 26.1 Å². The molecule has 1 aliphatic heterocycles.